The fourth-order valence-corrected chi connectivity index (χ4v) is 5.14. The first-order chi connectivity index (χ1) is 13.4. The third-order valence-corrected chi connectivity index (χ3v) is 6.91. The van der Waals surface area contributed by atoms with E-state index in [4.69, 9.17) is 27.9 Å². The maximum Gasteiger partial charge on any atom is 0.271 e. The first-order valence-corrected chi connectivity index (χ1v) is 11.6. The second-order valence-electron chi connectivity index (χ2n) is 6.48. The van der Waals surface area contributed by atoms with Gasteiger partial charge in [0.15, 0.2) is 0 Å². The number of rotatable bonds is 7. The van der Waals surface area contributed by atoms with Crippen molar-refractivity contribution in [2.45, 2.75) is 26.7 Å². The van der Waals surface area contributed by atoms with Crippen LogP contribution in [-0.4, -0.2) is 18.8 Å². The first kappa shape index (κ1) is 21.3. The molecule has 0 radical (unpaired) electrons. The normalized spacial score (nSPS) is 11.0. The van der Waals surface area contributed by atoms with Gasteiger partial charge >= 0.3 is 0 Å². The molecular weight excluding hydrogens is 433 g/mol. The van der Waals surface area contributed by atoms with Crippen molar-refractivity contribution in [1.82, 2.24) is 4.72 Å². The van der Waals surface area contributed by atoms with Crippen LogP contribution < -0.4 is 9.46 Å². The van der Waals surface area contributed by atoms with E-state index in [1.54, 1.807) is 0 Å². The van der Waals surface area contributed by atoms with Crippen molar-refractivity contribution in [3.05, 3.63) is 61.9 Å². The summed E-state index contributed by atoms with van der Waals surface area (Å²) in [4.78, 5) is 13.2. The molecule has 0 spiro atoms. The van der Waals surface area contributed by atoms with Crippen molar-refractivity contribution < 1.29 is 9.53 Å². The van der Waals surface area contributed by atoms with E-state index in [1.165, 1.54) is 23.3 Å². The minimum Gasteiger partial charge on any atom is -0.494 e. The highest BCUT2D eigenvalue weighted by molar-refractivity contribution is 7.97. The summed E-state index contributed by atoms with van der Waals surface area (Å²) in [5.41, 5.74) is 3.00. The molecule has 0 aliphatic heterocycles. The van der Waals surface area contributed by atoms with Crippen LogP contribution in [0.1, 0.15) is 32.8 Å². The van der Waals surface area contributed by atoms with E-state index in [1.807, 2.05) is 50.4 Å². The van der Waals surface area contributed by atoms with Gasteiger partial charge in [0, 0.05) is 26.4 Å². The predicted octanol–water partition coefficient (Wildman–Crippen LogP) is 6.84. The highest BCUT2D eigenvalue weighted by atomic mass is 35.5. The zero-order valence-electron chi connectivity index (χ0n) is 15.9. The lowest BCUT2D eigenvalue weighted by Crippen LogP contribution is -2.15. The number of aryl methyl sites for hydroxylation is 3. The van der Waals surface area contributed by atoms with E-state index in [0.29, 0.717) is 18.1 Å². The van der Waals surface area contributed by atoms with Crippen molar-refractivity contribution >= 4 is 62.5 Å². The number of carbonyl (C=O) groups is 1. The highest BCUT2D eigenvalue weighted by Gasteiger charge is 2.19. The van der Waals surface area contributed by atoms with Crippen molar-refractivity contribution in [2.75, 3.05) is 12.9 Å². The number of benzene rings is 2. The number of thiophene rings is 1. The maximum atomic E-state index is 12.5. The summed E-state index contributed by atoms with van der Waals surface area (Å²) in [6.07, 6.45) is 3.32. The Hall–Kier alpha value is -1.40. The van der Waals surface area contributed by atoms with Gasteiger partial charge in [0.05, 0.1) is 11.5 Å². The summed E-state index contributed by atoms with van der Waals surface area (Å²) in [7, 11) is 0. The van der Waals surface area contributed by atoms with Gasteiger partial charge < -0.3 is 4.74 Å². The fourth-order valence-electron chi connectivity index (χ4n) is 3.16. The van der Waals surface area contributed by atoms with Gasteiger partial charge in [-0.05, 0) is 67.6 Å². The average molecular weight is 454 g/mol. The molecule has 3 rings (SSSR count). The number of nitrogens with one attached hydrogen (secondary N) is 1. The molecule has 1 aromatic heterocycles. The number of amides is 1. The average Bonchev–Trinajstić information content (AvgIpc) is 3.03. The molecule has 0 aliphatic rings. The molecule has 2 aromatic carbocycles. The van der Waals surface area contributed by atoms with Crippen LogP contribution >= 0.6 is 46.5 Å². The van der Waals surface area contributed by atoms with Crippen molar-refractivity contribution in [2.24, 2.45) is 0 Å². The van der Waals surface area contributed by atoms with Gasteiger partial charge in [0.25, 0.3) is 5.91 Å². The Kier molecular flexibility index (Phi) is 7.15. The van der Waals surface area contributed by atoms with Crippen LogP contribution in [0.4, 0.5) is 0 Å². The van der Waals surface area contributed by atoms with Gasteiger partial charge in [-0.25, -0.2) is 0 Å². The van der Waals surface area contributed by atoms with Crippen LogP contribution in [0.5, 0.6) is 5.75 Å². The van der Waals surface area contributed by atoms with Crippen LogP contribution in [0.25, 0.3) is 10.1 Å². The molecule has 1 amide bonds. The van der Waals surface area contributed by atoms with E-state index < -0.39 is 0 Å². The number of fused-ring (bicyclic) bond motifs is 1. The van der Waals surface area contributed by atoms with Gasteiger partial charge in [0.1, 0.15) is 5.75 Å². The van der Waals surface area contributed by atoms with Crippen LogP contribution in [0, 0.1) is 13.8 Å². The molecular formula is C21H21Cl2NO2S2. The number of ether oxygens (including phenoxy) is 1. The minimum absolute atomic E-state index is 0.0790. The molecule has 0 unspecified atom stereocenters. The van der Waals surface area contributed by atoms with Gasteiger partial charge in [-0.2, -0.15) is 0 Å². The fraction of sp³-hybridized carbons (Fsp3) is 0.286. The Morgan fingerprint density at radius 3 is 2.61 bits per heavy atom. The second-order valence-corrected chi connectivity index (χ2v) is 8.93. The standard InChI is InChI=1S/C21H21Cl2NO2S2/c1-12-10-14(11-13(2)19(12)23)26-9-5-6-15-18-16(22)7-4-8-17(18)28-20(15)21(25)24-27-3/h4,7-8,10-11H,5-6,9H2,1-3H3,(H,24,25). The Bertz CT molecular complexity index is 994. The van der Waals surface area contributed by atoms with E-state index in [0.717, 1.165) is 48.8 Å². The molecule has 0 saturated heterocycles. The largest absolute Gasteiger partial charge is 0.494 e. The number of halogens is 2. The number of hydrogen-bond acceptors (Lipinski definition) is 4. The molecule has 0 aliphatic carbocycles. The summed E-state index contributed by atoms with van der Waals surface area (Å²) < 4.78 is 9.76. The third-order valence-electron chi connectivity index (χ3n) is 4.41. The van der Waals surface area contributed by atoms with Crippen LogP contribution in [0.15, 0.2) is 30.3 Å². The second kappa shape index (κ2) is 9.40. The zero-order valence-corrected chi connectivity index (χ0v) is 19.0. The minimum atomic E-state index is -0.0790. The van der Waals surface area contributed by atoms with Crippen molar-refractivity contribution in [1.29, 1.82) is 0 Å². The van der Waals surface area contributed by atoms with E-state index in [-0.39, 0.29) is 5.91 Å². The quantitative estimate of drug-likeness (QED) is 0.314. The predicted molar refractivity (Wildman–Crippen MR) is 123 cm³/mol. The SMILES string of the molecule is CSNC(=O)c1sc2cccc(Cl)c2c1CCCOc1cc(C)c(Cl)c(C)c1. The van der Waals surface area contributed by atoms with E-state index >= 15 is 0 Å². The summed E-state index contributed by atoms with van der Waals surface area (Å²) in [5, 5.41) is 2.42. The number of carbonyl (C=O) groups excluding carboxylic acids is 1. The molecule has 3 nitrogen and oxygen atoms in total. The number of hydrogen-bond donors (Lipinski definition) is 1. The summed E-state index contributed by atoms with van der Waals surface area (Å²) >= 11 is 15.4. The lowest BCUT2D eigenvalue weighted by atomic mass is 10.1. The Balaban J connectivity index is 1.76. The molecule has 28 heavy (non-hydrogen) atoms. The lowest BCUT2D eigenvalue weighted by molar-refractivity contribution is 0.0987. The topological polar surface area (TPSA) is 38.3 Å². The smallest absolute Gasteiger partial charge is 0.271 e. The molecule has 1 heterocycles. The molecule has 0 saturated carbocycles. The Morgan fingerprint density at radius 1 is 1.21 bits per heavy atom. The van der Waals surface area contributed by atoms with Crippen molar-refractivity contribution in [3.8, 4) is 5.75 Å². The van der Waals surface area contributed by atoms with Crippen LogP contribution in [0.3, 0.4) is 0 Å². The zero-order chi connectivity index (χ0) is 20.3. The molecule has 7 heteroatoms. The monoisotopic (exact) mass is 453 g/mol. The lowest BCUT2D eigenvalue weighted by Gasteiger charge is -2.10. The van der Waals surface area contributed by atoms with Gasteiger partial charge in [-0.15, -0.1) is 11.3 Å². The third kappa shape index (κ3) is 4.60. The highest BCUT2D eigenvalue weighted by Crippen LogP contribution is 2.37. The Labute approximate surface area is 183 Å². The molecule has 148 valence electrons. The van der Waals surface area contributed by atoms with Crippen LogP contribution in [0.2, 0.25) is 10.0 Å². The Morgan fingerprint density at radius 2 is 1.93 bits per heavy atom. The van der Waals surface area contributed by atoms with Crippen LogP contribution in [-0.2, 0) is 6.42 Å². The van der Waals surface area contributed by atoms with Gasteiger partial charge in [0.2, 0.25) is 0 Å². The molecule has 1 N–H and O–H groups in total. The molecule has 0 bridgehead atoms. The molecule has 3 aromatic rings. The van der Waals surface area contributed by atoms with Gasteiger partial charge in [-0.3, -0.25) is 9.52 Å². The molecule has 0 atom stereocenters. The summed E-state index contributed by atoms with van der Waals surface area (Å²) in [6, 6.07) is 9.68. The van der Waals surface area contributed by atoms with E-state index in [9.17, 15) is 4.79 Å². The first-order valence-electron chi connectivity index (χ1n) is 8.85. The maximum absolute atomic E-state index is 12.5. The summed E-state index contributed by atoms with van der Waals surface area (Å²) in [5.74, 6) is 0.734. The summed E-state index contributed by atoms with van der Waals surface area (Å²) in [6.45, 7) is 4.49. The van der Waals surface area contributed by atoms with E-state index in [2.05, 4.69) is 4.72 Å². The van der Waals surface area contributed by atoms with Crippen molar-refractivity contribution in [3.63, 3.8) is 0 Å². The molecule has 0 fully saturated rings. The van der Waals surface area contributed by atoms with Gasteiger partial charge in [-0.1, -0.05) is 41.2 Å².